The fraction of sp³-hybridized carbons (Fsp3) is 0.579. The number of nitrogens with zero attached hydrogens (tertiary/aromatic N) is 3. The Morgan fingerprint density at radius 1 is 0.963 bits per heavy atom. The third-order valence-corrected chi connectivity index (χ3v) is 5.02. The second-order valence-electron chi connectivity index (χ2n) is 6.82. The lowest BCUT2D eigenvalue weighted by Crippen LogP contribution is -2.52. The maximum Gasteiger partial charge on any atom is 0.303 e. The second kappa shape index (κ2) is 10.5. The summed E-state index contributed by atoms with van der Waals surface area (Å²) in [6.45, 7) is 6.70. The molecule has 8 heteroatoms. The number of hydrogen-bond acceptors (Lipinski definition) is 5. The lowest BCUT2D eigenvalue weighted by atomic mass is 10.1. The van der Waals surface area contributed by atoms with Gasteiger partial charge < -0.3 is 19.6 Å². The molecule has 7 nitrogen and oxygen atoms in total. The van der Waals surface area contributed by atoms with Gasteiger partial charge in [-0.25, -0.2) is 0 Å². The zero-order valence-electron chi connectivity index (χ0n) is 15.5. The number of rotatable bonds is 6. The molecule has 2 aliphatic heterocycles. The third-order valence-electron chi connectivity index (χ3n) is 5.02. The molecule has 1 aromatic carbocycles. The number of carbonyl (C=O) groups is 2. The SMILES string of the molecule is Cl.O=C(O)CCc1ccc(N2CCN(C(=O)CN3CCOCC3)CC2)cc1. The fourth-order valence-electron chi connectivity index (χ4n) is 3.39. The van der Waals surface area contributed by atoms with E-state index in [1.807, 2.05) is 29.2 Å². The number of amides is 1. The fourth-order valence-corrected chi connectivity index (χ4v) is 3.39. The highest BCUT2D eigenvalue weighted by Gasteiger charge is 2.23. The molecule has 27 heavy (non-hydrogen) atoms. The first-order valence-electron chi connectivity index (χ1n) is 9.25. The van der Waals surface area contributed by atoms with Crippen LogP contribution in [0.2, 0.25) is 0 Å². The Labute approximate surface area is 166 Å². The summed E-state index contributed by atoms with van der Waals surface area (Å²) < 4.78 is 5.32. The van der Waals surface area contributed by atoms with Crippen LogP contribution in [-0.4, -0.2) is 85.8 Å². The van der Waals surface area contributed by atoms with Gasteiger partial charge in [-0.15, -0.1) is 12.4 Å². The van der Waals surface area contributed by atoms with Crippen LogP contribution < -0.4 is 4.90 Å². The summed E-state index contributed by atoms with van der Waals surface area (Å²) in [5.41, 5.74) is 2.17. The summed E-state index contributed by atoms with van der Waals surface area (Å²) in [5.74, 6) is -0.567. The molecular formula is C19H28ClN3O4. The normalized spacial score (nSPS) is 18.1. The van der Waals surface area contributed by atoms with E-state index < -0.39 is 5.97 Å². The van der Waals surface area contributed by atoms with Crippen molar-refractivity contribution < 1.29 is 19.4 Å². The summed E-state index contributed by atoms with van der Waals surface area (Å²) in [4.78, 5) is 29.5. The van der Waals surface area contributed by atoms with Crippen LogP contribution in [0.5, 0.6) is 0 Å². The molecule has 3 rings (SSSR count). The number of aryl methyl sites for hydroxylation is 1. The minimum atomic E-state index is -0.771. The van der Waals surface area contributed by atoms with E-state index in [1.165, 1.54) is 0 Å². The van der Waals surface area contributed by atoms with Crippen molar-refractivity contribution in [3.8, 4) is 0 Å². The van der Waals surface area contributed by atoms with E-state index in [2.05, 4.69) is 9.80 Å². The van der Waals surface area contributed by atoms with Gasteiger partial charge in [0.1, 0.15) is 0 Å². The van der Waals surface area contributed by atoms with Gasteiger partial charge in [0.2, 0.25) is 5.91 Å². The molecule has 0 atom stereocenters. The van der Waals surface area contributed by atoms with Gasteiger partial charge in [0.05, 0.1) is 19.8 Å². The number of hydrogen-bond donors (Lipinski definition) is 1. The Kier molecular flexibility index (Phi) is 8.34. The summed E-state index contributed by atoms with van der Waals surface area (Å²) in [6, 6.07) is 8.08. The van der Waals surface area contributed by atoms with Crippen molar-refractivity contribution in [2.24, 2.45) is 0 Å². The first-order chi connectivity index (χ1) is 12.6. The predicted molar refractivity (Wildman–Crippen MR) is 106 cm³/mol. The number of ether oxygens (including phenoxy) is 1. The van der Waals surface area contributed by atoms with Gasteiger partial charge >= 0.3 is 5.97 Å². The molecule has 2 fully saturated rings. The van der Waals surface area contributed by atoms with Crippen LogP contribution >= 0.6 is 12.4 Å². The lowest BCUT2D eigenvalue weighted by Gasteiger charge is -2.37. The van der Waals surface area contributed by atoms with Crippen LogP contribution in [0.4, 0.5) is 5.69 Å². The van der Waals surface area contributed by atoms with E-state index in [4.69, 9.17) is 9.84 Å². The highest BCUT2D eigenvalue weighted by Crippen LogP contribution is 2.18. The minimum Gasteiger partial charge on any atom is -0.481 e. The van der Waals surface area contributed by atoms with Gasteiger partial charge in [0, 0.05) is 51.4 Å². The largest absolute Gasteiger partial charge is 0.481 e. The molecule has 1 N–H and O–H groups in total. The van der Waals surface area contributed by atoms with Crippen LogP contribution in [0.1, 0.15) is 12.0 Å². The molecule has 2 saturated heterocycles. The van der Waals surface area contributed by atoms with Crippen molar-refractivity contribution in [2.75, 3.05) is 63.9 Å². The summed E-state index contributed by atoms with van der Waals surface area (Å²) in [5, 5.41) is 8.76. The van der Waals surface area contributed by atoms with E-state index in [0.29, 0.717) is 26.2 Å². The van der Waals surface area contributed by atoms with Crippen LogP contribution in [0, 0.1) is 0 Å². The van der Waals surface area contributed by atoms with Crippen molar-refractivity contribution in [2.45, 2.75) is 12.8 Å². The highest BCUT2D eigenvalue weighted by atomic mass is 35.5. The van der Waals surface area contributed by atoms with Crippen LogP contribution in [0.25, 0.3) is 0 Å². The molecule has 0 radical (unpaired) electrons. The van der Waals surface area contributed by atoms with Crippen molar-refractivity contribution >= 4 is 30.0 Å². The molecule has 1 amide bonds. The number of anilines is 1. The van der Waals surface area contributed by atoms with Crippen LogP contribution in [-0.2, 0) is 20.7 Å². The molecule has 2 heterocycles. The van der Waals surface area contributed by atoms with Gasteiger partial charge in [0.15, 0.2) is 0 Å². The first-order valence-corrected chi connectivity index (χ1v) is 9.25. The van der Waals surface area contributed by atoms with Crippen molar-refractivity contribution in [3.05, 3.63) is 29.8 Å². The van der Waals surface area contributed by atoms with Gasteiger partial charge in [-0.2, -0.15) is 0 Å². The smallest absolute Gasteiger partial charge is 0.303 e. The van der Waals surface area contributed by atoms with E-state index in [9.17, 15) is 9.59 Å². The molecule has 2 aliphatic rings. The van der Waals surface area contributed by atoms with Crippen molar-refractivity contribution in [1.82, 2.24) is 9.80 Å². The molecule has 0 aromatic heterocycles. The maximum absolute atomic E-state index is 12.5. The lowest BCUT2D eigenvalue weighted by molar-refractivity contribution is -0.137. The zero-order chi connectivity index (χ0) is 18.4. The maximum atomic E-state index is 12.5. The number of halogens is 1. The average Bonchev–Trinajstić information content (AvgIpc) is 2.68. The van der Waals surface area contributed by atoms with Gasteiger partial charge in [-0.05, 0) is 24.1 Å². The Balaban J connectivity index is 0.00000261. The molecule has 0 spiro atoms. The standard InChI is InChI=1S/C19H27N3O4.ClH/c23-18(15-20-11-13-26-14-12-20)22-9-7-21(8-10-22)17-4-1-16(2-5-17)3-6-19(24)25;/h1-2,4-5H,3,6-15H2,(H,24,25);1H. The van der Waals surface area contributed by atoms with Crippen LogP contribution in [0.15, 0.2) is 24.3 Å². The number of aliphatic carboxylic acids is 1. The second-order valence-corrected chi connectivity index (χ2v) is 6.82. The average molecular weight is 398 g/mol. The third kappa shape index (κ3) is 6.37. The number of carboxylic acid groups (broad SMARTS) is 1. The summed E-state index contributed by atoms with van der Waals surface area (Å²) >= 11 is 0. The number of carbonyl (C=O) groups excluding carboxylic acids is 1. The Hall–Kier alpha value is -1.83. The Morgan fingerprint density at radius 2 is 1.59 bits per heavy atom. The molecule has 0 bridgehead atoms. The van der Waals surface area contributed by atoms with E-state index in [0.717, 1.165) is 50.5 Å². The summed E-state index contributed by atoms with van der Waals surface area (Å²) in [7, 11) is 0. The Morgan fingerprint density at radius 3 is 2.19 bits per heavy atom. The topological polar surface area (TPSA) is 73.3 Å². The highest BCUT2D eigenvalue weighted by molar-refractivity contribution is 5.85. The quantitative estimate of drug-likeness (QED) is 0.775. The number of piperazine rings is 1. The predicted octanol–water partition coefficient (Wildman–Crippen LogP) is 1.11. The van der Waals surface area contributed by atoms with E-state index in [1.54, 1.807) is 0 Å². The molecule has 0 saturated carbocycles. The van der Waals surface area contributed by atoms with Crippen molar-refractivity contribution in [3.63, 3.8) is 0 Å². The van der Waals surface area contributed by atoms with Crippen molar-refractivity contribution in [1.29, 1.82) is 0 Å². The number of morpholine rings is 1. The van der Waals surface area contributed by atoms with Gasteiger partial charge in [-0.1, -0.05) is 12.1 Å². The molecule has 0 aliphatic carbocycles. The molecule has 1 aromatic rings. The van der Waals surface area contributed by atoms with Gasteiger partial charge in [-0.3, -0.25) is 14.5 Å². The molecular weight excluding hydrogens is 370 g/mol. The van der Waals surface area contributed by atoms with Crippen LogP contribution in [0.3, 0.4) is 0 Å². The first kappa shape index (κ1) is 21.5. The molecule has 150 valence electrons. The summed E-state index contributed by atoms with van der Waals surface area (Å²) in [6.07, 6.45) is 0.711. The number of carboxylic acids is 1. The van der Waals surface area contributed by atoms with Gasteiger partial charge in [0.25, 0.3) is 0 Å². The zero-order valence-corrected chi connectivity index (χ0v) is 16.3. The molecule has 0 unspecified atom stereocenters. The minimum absolute atomic E-state index is 0. The monoisotopic (exact) mass is 397 g/mol. The van der Waals surface area contributed by atoms with E-state index >= 15 is 0 Å². The number of benzene rings is 1. The Bertz CT molecular complexity index is 612. The van der Waals surface area contributed by atoms with E-state index in [-0.39, 0.29) is 24.7 Å².